The van der Waals surface area contributed by atoms with Crippen LogP contribution in [0.15, 0.2) is 18.2 Å². The van der Waals surface area contributed by atoms with Gasteiger partial charge in [0.1, 0.15) is 11.4 Å². The first-order valence-electron chi connectivity index (χ1n) is 5.89. The Morgan fingerprint density at radius 2 is 2.06 bits per heavy atom. The summed E-state index contributed by atoms with van der Waals surface area (Å²) in [5, 5.41) is 3.47. The van der Waals surface area contributed by atoms with Gasteiger partial charge < -0.3 is 14.8 Å². The van der Waals surface area contributed by atoms with Crippen molar-refractivity contribution in [2.24, 2.45) is 0 Å². The molecule has 2 aliphatic heterocycles. The Bertz CT molecular complexity index is 397. The third kappa shape index (κ3) is 1.65. The summed E-state index contributed by atoms with van der Waals surface area (Å²) < 4.78 is 11.6. The van der Waals surface area contributed by atoms with Gasteiger partial charge in [-0.15, -0.1) is 0 Å². The van der Waals surface area contributed by atoms with Crippen LogP contribution in [0.2, 0.25) is 0 Å². The number of fused-ring (bicyclic) bond motifs is 1. The van der Waals surface area contributed by atoms with Crippen LogP contribution in [0, 0.1) is 6.92 Å². The van der Waals surface area contributed by atoms with Gasteiger partial charge in [0.05, 0.1) is 25.4 Å². The topological polar surface area (TPSA) is 30.5 Å². The smallest absolute Gasteiger partial charge is 0.143 e. The standard InChI is InChI=1S/C13H17NO2/c1-10-2-3-11-12(8-10)16-13(9-14-11)4-6-15-7-5-13/h2-3,8,14H,4-7,9H2,1H3. The fourth-order valence-electron chi connectivity index (χ4n) is 2.41. The molecule has 2 heterocycles. The van der Waals surface area contributed by atoms with E-state index in [1.54, 1.807) is 0 Å². The van der Waals surface area contributed by atoms with Crippen molar-refractivity contribution in [3.05, 3.63) is 23.8 Å². The Balaban J connectivity index is 1.89. The highest BCUT2D eigenvalue weighted by Gasteiger charge is 2.37. The van der Waals surface area contributed by atoms with Crippen LogP contribution >= 0.6 is 0 Å². The summed E-state index contributed by atoms with van der Waals surface area (Å²) in [6.45, 7) is 4.60. The molecule has 1 fully saturated rings. The number of aryl methyl sites for hydroxylation is 1. The van der Waals surface area contributed by atoms with Crippen LogP contribution in [0.5, 0.6) is 5.75 Å². The average Bonchev–Trinajstić information content (AvgIpc) is 2.29. The van der Waals surface area contributed by atoms with Gasteiger partial charge in [-0.05, 0) is 24.6 Å². The van der Waals surface area contributed by atoms with Gasteiger partial charge in [0.25, 0.3) is 0 Å². The van der Waals surface area contributed by atoms with Crippen molar-refractivity contribution in [1.82, 2.24) is 0 Å². The third-order valence-electron chi connectivity index (χ3n) is 3.47. The number of ether oxygens (including phenoxy) is 2. The summed E-state index contributed by atoms with van der Waals surface area (Å²) >= 11 is 0. The van der Waals surface area contributed by atoms with Gasteiger partial charge in [0.15, 0.2) is 0 Å². The van der Waals surface area contributed by atoms with Gasteiger partial charge in [0.2, 0.25) is 0 Å². The summed E-state index contributed by atoms with van der Waals surface area (Å²) in [6, 6.07) is 6.31. The van der Waals surface area contributed by atoms with E-state index in [1.807, 2.05) is 0 Å². The molecule has 0 atom stereocenters. The van der Waals surface area contributed by atoms with Gasteiger partial charge in [-0.1, -0.05) is 6.07 Å². The van der Waals surface area contributed by atoms with E-state index in [2.05, 4.69) is 30.4 Å². The Kier molecular flexibility index (Phi) is 2.28. The molecule has 1 N–H and O–H groups in total. The molecular weight excluding hydrogens is 202 g/mol. The second-order valence-corrected chi connectivity index (χ2v) is 4.75. The summed E-state index contributed by atoms with van der Waals surface area (Å²) in [5.41, 5.74) is 2.31. The lowest BCUT2D eigenvalue weighted by molar-refractivity contribution is -0.0408. The quantitative estimate of drug-likeness (QED) is 0.726. The highest BCUT2D eigenvalue weighted by atomic mass is 16.5. The van der Waals surface area contributed by atoms with Crippen molar-refractivity contribution in [3.63, 3.8) is 0 Å². The molecule has 0 aliphatic carbocycles. The Hall–Kier alpha value is -1.22. The first kappa shape index (κ1) is 9.97. The minimum absolute atomic E-state index is 0.0426. The van der Waals surface area contributed by atoms with E-state index in [0.29, 0.717) is 0 Å². The highest BCUT2D eigenvalue weighted by Crippen LogP contribution is 2.37. The molecule has 0 unspecified atom stereocenters. The first-order valence-corrected chi connectivity index (χ1v) is 5.89. The molecule has 1 spiro atoms. The molecule has 0 aromatic heterocycles. The molecule has 3 heteroatoms. The van der Waals surface area contributed by atoms with E-state index in [1.165, 1.54) is 5.56 Å². The number of anilines is 1. The molecule has 3 rings (SSSR count). The number of hydrogen-bond acceptors (Lipinski definition) is 3. The zero-order chi connectivity index (χ0) is 11.0. The van der Waals surface area contributed by atoms with E-state index < -0.39 is 0 Å². The highest BCUT2D eigenvalue weighted by molar-refractivity contribution is 5.59. The molecule has 0 radical (unpaired) electrons. The molecule has 86 valence electrons. The zero-order valence-corrected chi connectivity index (χ0v) is 9.58. The number of hydrogen-bond donors (Lipinski definition) is 1. The van der Waals surface area contributed by atoms with Crippen molar-refractivity contribution >= 4 is 5.69 Å². The number of nitrogens with one attached hydrogen (secondary N) is 1. The van der Waals surface area contributed by atoms with E-state index in [-0.39, 0.29) is 5.60 Å². The lowest BCUT2D eigenvalue weighted by atomic mass is 9.92. The Morgan fingerprint density at radius 1 is 1.25 bits per heavy atom. The largest absolute Gasteiger partial charge is 0.483 e. The van der Waals surface area contributed by atoms with E-state index >= 15 is 0 Å². The van der Waals surface area contributed by atoms with Crippen LogP contribution in [0.4, 0.5) is 5.69 Å². The van der Waals surface area contributed by atoms with Crippen molar-refractivity contribution in [2.45, 2.75) is 25.4 Å². The Morgan fingerprint density at radius 3 is 2.88 bits per heavy atom. The maximum Gasteiger partial charge on any atom is 0.143 e. The minimum atomic E-state index is -0.0426. The summed E-state index contributed by atoms with van der Waals surface area (Å²) in [6.07, 6.45) is 1.96. The SMILES string of the molecule is Cc1ccc2c(c1)OC1(CCOCC1)CN2. The molecule has 0 amide bonds. The predicted molar refractivity (Wildman–Crippen MR) is 63.1 cm³/mol. The monoisotopic (exact) mass is 219 g/mol. The average molecular weight is 219 g/mol. The maximum absolute atomic E-state index is 6.20. The van der Waals surface area contributed by atoms with Gasteiger partial charge in [0, 0.05) is 12.8 Å². The minimum Gasteiger partial charge on any atom is -0.483 e. The lowest BCUT2D eigenvalue weighted by Gasteiger charge is -2.41. The molecule has 2 aliphatic rings. The van der Waals surface area contributed by atoms with Gasteiger partial charge in [-0.2, -0.15) is 0 Å². The zero-order valence-electron chi connectivity index (χ0n) is 9.58. The third-order valence-corrected chi connectivity index (χ3v) is 3.47. The van der Waals surface area contributed by atoms with Gasteiger partial charge >= 0.3 is 0 Å². The van der Waals surface area contributed by atoms with Gasteiger partial charge in [-0.25, -0.2) is 0 Å². The van der Waals surface area contributed by atoms with Crippen LogP contribution in [0.1, 0.15) is 18.4 Å². The normalized spacial score (nSPS) is 22.1. The van der Waals surface area contributed by atoms with E-state index in [0.717, 1.165) is 44.0 Å². The van der Waals surface area contributed by atoms with Gasteiger partial charge in [-0.3, -0.25) is 0 Å². The van der Waals surface area contributed by atoms with Crippen molar-refractivity contribution in [2.75, 3.05) is 25.1 Å². The molecular formula is C13H17NO2. The molecule has 16 heavy (non-hydrogen) atoms. The summed E-state index contributed by atoms with van der Waals surface area (Å²) in [5.74, 6) is 0.994. The van der Waals surface area contributed by atoms with E-state index in [4.69, 9.17) is 9.47 Å². The van der Waals surface area contributed by atoms with Crippen LogP contribution < -0.4 is 10.1 Å². The van der Waals surface area contributed by atoms with Crippen molar-refractivity contribution in [3.8, 4) is 5.75 Å². The fraction of sp³-hybridized carbons (Fsp3) is 0.538. The molecule has 0 bridgehead atoms. The summed E-state index contributed by atoms with van der Waals surface area (Å²) in [7, 11) is 0. The molecule has 1 aromatic rings. The van der Waals surface area contributed by atoms with Crippen LogP contribution in [0.25, 0.3) is 0 Å². The molecule has 0 saturated carbocycles. The molecule has 1 saturated heterocycles. The first-order chi connectivity index (χ1) is 7.77. The van der Waals surface area contributed by atoms with Crippen LogP contribution in [-0.4, -0.2) is 25.4 Å². The summed E-state index contributed by atoms with van der Waals surface area (Å²) in [4.78, 5) is 0. The van der Waals surface area contributed by atoms with Crippen molar-refractivity contribution < 1.29 is 9.47 Å². The number of benzene rings is 1. The lowest BCUT2D eigenvalue weighted by Crippen LogP contribution is -2.49. The van der Waals surface area contributed by atoms with Crippen molar-refractivity contribution in [1.29, 1.82) is 0 Å². The predicted octanol–water partition coefficient (Wildman–Crippen LogP) is 2.35. The maximum atomic E-state index is 6.20. The van der Waals surface area contributed by atoms with E-state index in [9.17, 15) is 0 Å². The molecule has 1 aromatic carbocycles. The number of rotatable bonds is 0. The molecule has 3 nitrogen and oxygen atoms in total. The van der Waals surface area contributed by atoms with Crippen LogP contribution in [0.3, 0.4) is 0 Å². The van der Waals surface area contributed by atoms with Crippen LogP contribution in [-0.2, 0) is 4.74 Å². The fourth-order valence-corrected chi connectivity index (χ4v) is 2.41. The Labute approximate surface area is 95.8 Å². The second kappa shape index (κ2) is 3.67. The second-order valence-electron chi connectivity index (χ2n) is 4.75.